The maximum atomic E-state index is 14.2. The summed E-state index contributed by atoms with van der Waals surface area (Å²) in [4.78, 5) is 4.21. The van der Waals surface area contributed by atoms with E-state index in [1.54, 1.807) is 12.3 Å². The van der Waals surface area contributed by atoms with Crippen LogP contribution < -0.4 is 5.32 Å². The molecule has 0 aliphatic carbocycles. The lowest BCUT2D eigenvalue weighted by atomic mass is 9.98. The smallest absolute Gasteiger partial charge is 0.128 e. The van der Waals surface area contributed by atoms with Crippen molar-refractivity contribution >= 4 is 15.9 Å². The third kappa shape index (κ3) is 3.64. The molecule has 0 spiro atoms. The van der Waals surface area contributed by atoms with Gasteiger partial charge in [-0.25, -0.2) is 4.39 Å². The first kappa shape index (κ1) is 15.1. The van der Waals surface area contributed by atoms with Gasteiger partial charge in [-0.05, 0) is 55.8 Å². The van der Waals surface area contributed by atoms with Gasteiger partial charge in [0.2, 0.25) is 0 Å². The van der Waals surface area contributed by atoms with Crippen molar-refractivity contribution in [2.75, 3.05) is 6.54 Å². The highest BCUT2D eigenvalue weighted by molar-refractivity contribution is 9.10. The van der Waals surface area contributed by atoms with Crippen molar-refractivity contribution < 1.29 is 4.39 Å². The van der Waals surface area contributed by atoms with E-state index in [0.29, 0.717) is 5.56 Å². The Balaban J connectivity index is 2.44. The number of pyridine rings is 1. The summed E-state index contributed by atoms with van der Waals surface area (Å²) >= 11 is 3.41. The highest BCUT2D eigenvalue weighted by atomic mass is 79.9. The first-order valence-electron chi connectivity index (χ1n) is 6.72. The number of nitrogens with zero attached hydrogens (tertiary/aromatic N) is 1. The van der Waals surface area contributed by atoms with Crippen LogP contribution in [0, 0.1) is 12.7 Å². The van der Waals surface area contributed by atoms with Crippen molar-refractivity contribution in [3.63, 3.8) is 0 Å². The van der Waals surface area contributed by atoms with Crippen LogP contribution in [-0.2, 0) is 0 Å². The van der Waals surface area contributed by atoms with Crippen molar-refractivity contribution in [3.8, 4) is 0 Å². The molecule has 1 heterocycles. The first-order valence-corrected chi connectivity index (χ1v) is 7.52. The molecule has 1 unspecified atom stereocenters. The Morgan fingerprint density at radius 2 is 2.10 bits per heavy atom. The Bertz CT molecular complexity index is 586. The normalized spacial score (nSPS) is 12.4. The highest BCUT2D eigenvalue weighted by Gasteiger charge is 2.18. The second-order valence-electron chi connectivity index (χ2n) is 4.78. The average molecular weight is 337 g/mol. The van der Waals surface area contributed by atoms with Crippen LogP contribution in [0.25, 0.3) is 0 Å². The Kier molecular flexibility index (Phi) is 5.26. The molecule has 1 N–H and O–H groups in total. The molecule has 4 heteroatoms. The molecular formula is C16H18BrFN2. The van der Waals surface area contributed by atoms with Gasteiger partial charge in [0.15, 0.2) is 0 Å². The molecule has 2 rings (SSSR count). The number of hydrogen-bond donors (Lipinski definition) is 1. The van der Waals surface area contributed by atoms with Gasteiger partial charge in [0.1, 0.15) is 5.82 Å². The largest absolute Gasteiger partial charge is 0.306 e. The Morgan fingerprint density at radius 3 is 2.80 bits per heavy atom. The van der Waals surface area contributed by atoms with Gasteiger partial charge in [-0.2, -0.15) is 0 Å². The number of hydrogen-bond acceptors (Lipinski definition) is 2. The predicted octanol–water partition coefficient (Wildman–Crippen LogP) is 4.38. The van der Waals surface area contributed by atoms with E-state index in [0.717, 1.165) is 28.7 Å². The van der Waals surface area contributed by atoms with Crippen LogP contribution in [0.15, 0.2) is 41.0 Å². The fourth-order valence-electron chi connectivity index (χ4n) is 2.18. The van der Waals surface area contributed by atoms with Crippen LogP contribution in [0.5, 0.6) is 0 Å². The van der Waals surface area contributed by atoms with E-state index in [2.05, 4.69) is 33.2 Å². The van der Waals surface area contributed by atoms with Crippen LogP contribution in [0.4, 0.5) is 4.39 Å². The molecule has 0 bridgehead atoms. The van der Waals surface area contributed by atoms with Gasteiger partial charge >= 0.3 is 0 Å². The van der Waals surface area contributed by atoms with E-state index in [1.165, 1.54) is 6.07 Å². The lowest BCUT2D eigenvalue weighted by Crippen LogP contribution is -2.24. The highest BCUT2D eigenvalue weighted by Crippen LogP contribution is 2.27. The van der Waals surface area contributed by atoms with E-state index >= 15 is 0 Å². The van der Waals surface area contributed by atoms with Crippen LogP contribution >= 0.6 is 15.9 Å². The summed E-state index contributed by atoms with van der Waals surface area (Å²) in [6.45, 7) is 4.87. The third-order valence-electron chi connectivity index (χ3n) is 3.12. The number of benzene rings is 1. The van der Waals surface area contributed by atoms with Crippen molar-refractivity contribution in [1.29, 1.82) is 0 Å². The second-order valence-corrected chi connectivity index (χ2v) is 5.70. The molecule has 0 aliphatic rings. The van der Waals surface area contributed by atoms with E-state index < -0.39 is 0 Å². The van der Waals surface area contributed by atoms with Gasteiger partial charge in [0.05, 0.1) is 6.04 Å². The number of aryl methyl sites for hydroxylation is 1. The van der Waals surface area contributed by atoms with Crippen molar-refractivity contribution in [2.24, 2.45) is 0 Å². The maximum Gasteiger partial charge on any atom is 0.128 e. The van der Waals surface area contributed by atoms with Crippen molar-refractivity contribution in [3.05, 3.63) is 63.6 Å². The fraction of sp³-hybridized carbons (Fsp3) is 0.312. The van der Waals surface area contributed by atoms with E-state index in [1.807, 2.05) is 25.1 Å². The molecule has 0 aliphatic heterocycles. The number of rotatable bonds is 5. The SMILES string of the molecule is CCCNC(c1ccnc(C)c1)c1cc(Br)ccc1F. The molecular weight excluding hydrogens is 319 g/mol. The standard InChI is InChI=1S/C16H18BrFN2/c1-3-7-20-16(12-6-8-19-11(2)9-12)14-10-13(17)4-5-15(14)18/h4-6,8-10,16,20H,3,7H2,1-2H3. The molecule has 0 radical (unpaired) electrons. The Morgan fingerprint density at radius 1 is 1.30 bits per heavy atom. The van der Waals surface area contributed by atoms with Gasteiger partial charge in [-0.1, -0.05) is 22.9 Å². The fourth-order valence-corrected chi connectivity index (χ4v) is 2.56. The monoisotopic (exact) mass is 336 g/mol. The summed E-state index contributed by atoms with van der Waals surface area (Å²) < 4.78 is 15.0. The summed E-state index contributed by atoms with van der Waals surface area (Å²) in [5.41, 5.74) is 2.61. The molecule has 0 saturated carbocycles. The van der Waals surface area contributed by atoms with Gasteiger partial charge in [0.25, 0.3) is 0 Å². The van der Waals surface area contributed by atoms with E-state index in [4.69, 9.17) is 0 Å². The van der Waals surface area contributed by atoms with Crippen LogP contribution in [-0.4, -0.2) is 11.5 Å². The number of nitrogens with one attached hydrogen (secondary N) is 1. The summed E-state index contributed by atoms with van der Waals surface area (Å²) in [7, 11) is 0. The number of halogens is 2. The molecule has 1 aromatic carbocycles. The molecule has 0 saturated heterocycles. The zero-order valence-electron chi connectivity index (χ0n) is 11.7. The second kappa shape index (κ2) is 6.95. The molecule has 2 nitrogen and oxygen atoms in total. The average Bonchev–Trinajstić information content (AvgIpc) is 2.43. The lowest BCUT2D eigenvalue weighted by molar-refractivity contribution is 0.546. The molecule has 106 valence electrons. The Hall–Kier alpha value is -1.26. The van der Waals surface area contributed by atoms with Crippen LogP contribution in [0.1, 0.15) is 36.2 Å². The van der Waals surface area contributed by atoms with Crippen molar-refractivity contribution in [2.45, 2.75) is 26.3 Å². The van der Waals surface area contributed by atoms with Gasteiger partial charge in [0, 0.05) is 21.9 Å². The van der Waals surface area contributed by atoms with Gasteiger partial charge in [-0.15, -0.1) is 0 Å². The molecule has 1 atom stereocenters. The summed E-state index contributed by atoms with van der Waals surface area (Å²) in [6.07, 6.45) is 2.76. The molecule has 20 heavy (non-hydrogen) atoms. The summed E-state index contributed by atoms with van der Waals surface area (Å²) in [6, 6.07) is 8.81. The molecule has 1 aromatic heterocycles. The minimum Gasteiger partial charge on any atom is -0.306 e. The molecule has 0 fully saturated rings. The van der Waals surface area contributed by atoms with Gasteiger partial charge < -0.3 is 5.32 Å². The topological polar surface area (TPSA) is 24.9 Å². The third-order valence-corrected chi connectivity index (χ3v) is 3.61. The van der Waals surface area contributed by atoms with Crippen LogP contribution in [0.3, 0.4) is 0 Å². The van der Waals surface area contributed by atoms with E-state index in [9.17, 15) is 4.39 Å². The molecule has 2 aromatic rings. The summed E-state index contributed by atoms with van der Waals surface area (Å²) in [5.74, 6) is -0.198. The summed E-state index contributed by atoms with van der Waals surface area (Å²) in [5, 5.41) is 3.41. The first-order chi connectivity index (χ1) is 9.61. The van der Waals surface area contributed by atoms with Crippen LogP contribution in [0.2, 0.25) is 0 Å². The lowest BCUT2D eigenvalue weighted by Gasteiger charge is -2.20. The zero-order chi connectivity index (χ0) is 14.5. The maximum absolute atomic E-state index is 14.2. The van der Waals surface area contributed by atoms with Crippen molar-refractivity contribution in [1.82, 2.24) is 10.3 Å². The minimum absolute atomic E-state index is 0.158. The molecule has 0 amide bonds. The predicted molar refractivity (Wildman–Crippen MR) is 83.2 cm³/mol. The zero-order valence-corrected chi connectivity index (χ0v) is 13.2. The number of aromatic nitrogens is 1. The Labute approximate surface area is 127 Å². The minimum atomic E-state index is -0.198. The van der Waals surface area contributed by atoms with E-state index in [-0.39, 0.29) is 11.9 Å². The van der Waals surface area contributed by atoms with Gasteiger partial charge in [-0.3, -0.25) is 4.98 Å². The quantitative estimate of drug-likeness (QED) is 0.876.